The highest BCUT2D eigenvalue weighted by molar-refractivity contribution is 5.07. The molecule has 4 unspecified atom stereocenters. The summed E-state index contributed by atoms with van der Waals surface area (Å²) in [6, 6.07) is 0. The molecule has 0 spiro atoms. The van der Waals surface area contributed by atoms with Crippen LogP contribution in [-0.2, 0) is 0 Å². The average Bonchev–Trinajstić information content (AvgIpc) is 2.44. The number of hydrogen-bond donors (Lipinski definition) is 1. The van der Waals surface area contributed by atoms with Crippen LogP contribution in [0.15, 0.2) is 25.3 Å². The lowest BCUT2D eigenvalue weighted by Crippen LogP contribution is -2.43. The average molecular weight is 206 g/mol. The Morgan fingerprint density at radius 1 is 1.20 bits per heavy atom. The second-order valence-corrected chi connectivity index (χ2v) is 5.27. The van der Waals surface area contributed by atoms with Gasteiger partial charge >= 0.3 is 0 Å². The molecule has 2 fully saturated rings. The van der Waals surface area contributed by atoms with E-state index in [4.69, 9.17) is 0 Å². The van der Waals surface area contributed by atoms with E-state index in [1.54, 1.807) is 0 Å². The van der Waals surface area contributed by atoms with Crippen LogP contribution in [0.2, 0.25) is 0 Å². The Labute approximate surface area is 92.9 Å². The molecule has 0 amide bonds. The van der Waals surface area contributed by atoms with Crippen molar-refractivity contribution in [3.63, 3.8) is 0 Å². The summed E-state index contributed by atoms with van der Waals surface area (Å²) in [6.07, 6.45) is 10.8. The molecule has 2 rings (SSSR count). The molecule has 84 valence electrons. The van der Waals surface area contributed by atoms with Crippen molar-refractivity contribution in [2.45, 2.75) is 44.6 Å². The number of hydrogen-bond acceptors (Lipinski definition) is 1. The second kappa shape index (κ2) is 4.13. The zero-order valence-electron chi connectivity index (χ0n) is 9.49. The second-order valence-electron chi connectivity index (χ2n) is 5.27. The Morgan fingerprint density at radius 3 is 2.67 bits per heavy atom. The maximum Gasteiger partial charge on any atom is 0.0630 e. The van der Waals surface area contributed by atoms with E-state index in [2.05, 4.69) is 13.2 Å². The minimum atomic E-state index is -0.0887. The first kappa shape index (κ1) is 10.9. The number of aliphatic hydroxyl groups is 1. The van der Waals surface area contributed by atoms with Crippen molar-refractivity contribution in [2.24, 2.45) is 17.3 Å². The highest BCUT2D eigenvalue weighted by Crippen LogP contribution is 2.57. The Morgan fingerprint density at radius 2 is 2.00 bits per heavy atom. The number of aliphatic hydroxyl groups excluding tert-OH is 1. The van der Waals surface area contributed by atoms with Gasteiger partial charge < -0.3 is 5.11 Å². The predicted octanol–water partition coefficient (Wildman–Crippen LogP) is 3.31. The molecule has 0 aromatic heterocycles. The molecule has 2 saturated carbocycles. The summed E-state index contributed by atoms with van der Waals surface area (Å²) in [5.41, 5.74) is 0.138. The van der Waals surface area contributed by atoms with Crippen molar-refractivity contribution in [1.82, 2.24) is 0 Å². The van der Waals surface area contributed by atoms with Gasteiger partial charge in [0.15, 0.2) is 0 Å². The molecule has 0 saturated heterocycles. The normalized spacial score (nSPS) is 43.9. The SMILES string of the molecule is C=CCC1CCC2CCC1(CC=C)C2O. The minimum Gasteiger partial charge on any atom is -0.392 e. The molecule has 0 radical (unpaired) electrons. The summed E-state index contributed by atoms with van der Waals surface area (Å²) < 4.78 is 0. The first-order chi connectivity index (χ1) is 7.24. The predicted molar refractivity (Wildman–Crippen MR) is 63.5 cm³/mol. The van der Waals surface area contributed by atoms with Crippen LogP contribution in [0.4, 0.5) is 0 Å². The molecular weight excluding hydrogens is 184 g/mol. The van der Waals surface area contributed by atoms with Crippen LogP contribution >= 0.6 is 0 Å². The van der Waals surface area contributed by atoms with Gasteiger partial charge in [-0.3, -0.25) is 0 Å². The lowest BCUT2D eigenvalue weighted by Gasteiger charge is -2.44. The molecule has 1 N–H and O–H groups in total. The monoisotopic (exact) mass is 206 g/mol. The summed E-state index contributed by atoms with van der Waals surface area (Å²) in [7, 11) is 0. The van der Waals surface area contributed by atoms with Gasteiger partial charge in [-0.2, -0.15) is 0 Å². The standard InChI is InChI=1S/C14H22O/c1-3-5-12-7-6-11-8-10-14(12,9-4-2)13(11)15/h3-4,11-13,15H,1-2,5-10H2. The topological polar surface area (TPSA) is 20.2 Å². The third-order valence-corrected chi connectivity index (χ3v) is 4.69. The van der Waals surface area contributed by atoms with E-state index in [1.807, 2.05) is 12.2 Å². The van der Waals surface area contributed by atoms with Crippen LogP contribution in [-0.4, -0.2) is 11.2 Å². The van der Waals surface area contributed by atoms with Crippen molar-refractivity contribution in [3.8, 4) is 0 Å². The summed E-state index contributed by atoms with van der Waals surface area (Å²) in [5.74, 6) is 1.19. The van der Waals surface area contributed by atoms with Gasteiger partial charge in [0.2, 0.25) is 0 Å². The van der Waals surface area contributed by atoms with E-state index >= 15 is 0 Å². The Hall–Kier alpha value is -0.560. The minimum absolute atomic E-state index is 0.0887. The van der Waals surface area contributed by atoms with E-state index in [0.29, 0.717) is 11.8 Å². The first-order valence-corrected chi connectivity index (χ1v) is 6.14. The Bertz CT molecular complexity index is 256. The molecule has 2 bridgehead atoms. The van der Waals surface area contributed by atoms with Gasteiger partial charge in [-0.25, -0.2) is 0 Å². The van der Waals surface area contributed by atoms with Crippen molar-refractivity contribution in [2.75, 3.05) is 0 Å². The fourth-order valence-corrected chi connectivity index (χ4v) is 3.89. The van der Waals surface area contributed by atoms with Gasteiger partial charge in [0.25, 0.3) is 0 Å². The number of fused-ring (bicyclic) bond motifs is 2. The first-order valence-electron chi connectivity index (χ1n) is 6.14. The van der Waals surface area contributed by atoms with Crippen molar-refractivity contribution in [3.05, 3.63) is 25.3 Å². The van der Waals surface area contributed by atoms with E-state index in [0.717, 1.165) is 12.8 Å². The van der Waals surface area contributed by atoms with Gasteiger partial charge in [0, 0.05) is 5.41 Å². The fraction of sp³-hybridized carbons (Fsp3) is 0.714. The maximum atomic E-state index is 10.4. The van der Waals surface area contributed by atoms with Gasteiger partial charge in [-0.05, 0) is 50.4 Å². The lowest BCUT2D eigenvalue weighted by atomic mass is 9.63. The zero-order valence-corrected chi connectivity index (χ0v) is 9.49. The van der Waals surface area contributed by atoms with E-state index < -0.39 is 0 Å². The van der Waals surface area contributed by atoms with E-state index in [9.17, 15) is 5.11 Å². The molecule has 1 nitrogen and oxygen atoms in total. The molecule has 2 aliphatic carbocycles. The summed E-state index contributed by atoms with van der Waals surface area (Å²) >= 11 is 0. The molecular formula is C14H22O. The van der Waals surface area contributed by atoms with Crippen LogP contribution in [0.3, 0.4) is 0 Å². The highest BCUT2D eigenvalue weighted by atomic mass is 16.3. The third-order valence-electron chi connectivity index (χ3n) is 4.69. The lowest BCUT2D eigenvalue weighted by molar-refractivity contribution is -0.0462. The van der Waals surface area contributed by atoms with E-state index in [-0.39, 0.29) is 11.5 Å². The zero-order chi connectivity index (χ0) is 10.9. The molecule has 1 heteroatoms. The van der Waals surface area contributed by atoms with Gasteiger partial charge in [-0.15, -0.1) is 13.2 Å². The van der Waals surface area contributed by atoms with Gasteiger partial charge in [0.1, 0.15) is 0 Å². The molecule has 0 aromatic rings. The quantitative estimate of drug-likeness (QED) is 0.700. The van der Waals surface area contributed by atoms with Gasteiger partial charge in [-0.1, -0.05) is 12.2 Å². The van der Waals surface area contributed by atoms with Crippen LogP contribution in [0.1, 0.15) is 38.5 Å². The third kappa shape index (κ3) is 1.57. The molecule has 0 heterocycles. The van der Waals surface area contributed by atoms with Crippen LogP contribution in [0.25, 0.3) is 0 Å². The van der Waals surface area contributed by atoms with Crippen LogP contribution in [0.5, 0.6) is 0 Å². The van der Waals surface area contributed by atoms with Crippen LogP contribution < -0.4 is 0 Å². The van der Waals surface area contributed by atoms with E-state index in [1.165, 1.54) is 25.7 Å². The highest BCUT2D eigenvalue weighted by Gasteiger charge is 2.53. The summed E-state index contributed by atoms with van der Waals surface area (Å²) in [5, 5.41) is 10.4. The summed E-state index contributed by atoms with van der Waals surface area (Å²) in [4.78, 5) is 0. The molecule has 2 aliphatic rings. The largest absolute Gasteiger partial charge is 0.392 e. The van der Waals surface area contributed by atoms with Crippen molar-refractivity contribution < 1.29 is 5.11 Å². The molecule has 0 aliphatic heterocycles. The number of rotatable bonds is 4. The fourth-order valence-electron chi connectivity index (χ4n) is 3.89. The number of allylic oxidation sites excluding steroid dienone is 2. The van der Waals surface area contributed by atoms with Crippen molar-refractivity contribution >= 4 is 0 Å². The maximum absolute atomic E-state index is 10.4. The van der Waals surface area contributed by atoms with Crippen molar-refractivity contribution in [1.29, 1.82) is 0 Å². The molecule has 0 aromatic carbocycles. The smallest absolute Gasteiger partial charge is 0.0630 e. The summed E-state index contributed by atoms with van der Waals surface area (Å²) in [6.45, 7) is 7.70. The Kier molecular flexibility index (Phi) is 3.01. The Balaban J connectivity index is 2.24. The van der Waals surface area contributed by atoms with Crippen LogP contribution in [0, 0.1) is 17.3 Å². The molecule has 4 atom stereocenters. The van der Waals surface area contributed by atoms with Gasteiger partial charge in [0.05, 0.1) is 6.10 Å². The molecule has 15 heavy (non-hydrogen) atoms.